The molecule has 168 valence electrons. The second-order valence-corrected chi connectivity index (χ2v) is 10.8. The van der Waals surface area contributed by atoms with Crippen molar-refractivity contribution in [2.24, 2.45) is 7.05 Å². The number of carbonyl (C=O) groups is 1. The van der Waals surface area contributed by atoms with Gasteiger partial charge in [-0.15, -0.1) is 11.8 Å². The molecule has 0 bridgehead atoms. The van der Waals surface area contributed by atoms with E-state index < -0.39 is 15.9 Å². The molecule has 0 saturated carbocycles. The first-order valence-electron chi connectivity index (χ1n) is 10.4. The van der Waals surface area contributed by atoms with Crippen molar-refractivity contribution in [3.8, 4) is 0 Å². The molecule has 0 atom stereocenters. The zero-order chi connectivity index (χ0) is 22.9. The fourth-order valence-electron chi connectivity index (χ4n) is 4.01. The number of carbonyl (C=O) groups excluding carboxylic acids is 1. The number of hydrogen-bond acceptors (Lipinski definition) is 5. The van der Waals surface area contributed by atoms with Crippen LogP contribution >= 0.6 is 11.8 Å². The van der Waals surface area contributed by atoms with Crippen LogP contribution in [0.1, 0.15) is 29.7 Å². The molecule has 7 nitrogen and oxygen atoms in total. The number of aromatic nitrogens is 3. The highest BCUT2D eigenvalue weighted by atomic mass is 32.2. The summed E-state index contributed by atoms with van der Waals surface area (Å²) in [6, 6.07) is 12.3. The Morgan fingerprint density at radius 2 is 2.00 bits per heavy atom. The zero-order valence-electron chi connectivity index (χ0n) is 18.3. The molecule has 0 unspecified atom stereocenters. The molecule has 0 fully saturated rings. The van der Waals surface area contributed by atoms with E-state index in [1.165, 1.54) is 22.0 Å². The van der Waals surface area contributed by atoms with Gasteiger partial charge >= 0.3 is 0 Å². The van der Waals surface area contributed by atoms with Gasteiger partial charge in [0, 0.05) is 48.9 Å². The van der Waals surface area contributed by atoms with Crippen molar-refractivity contribution in [1.29, 1.82) is 0 Å². The van der Waals surface area contributed by atoms with Crippen LogP contribution in [-0.2, 0) is 28.3 Å². The van der Waals surface area contributed by atoms with Crippen LogP contribution in [0.15, 0.2) is 53.8 Å². The maximum absolute atomic E-state index is 11.8. The lowest BCUT2D eigenvalue weighted by molar-refractivity contribution is -0.119. The number of imidazole rings is 1. The summed E-state index contributed by atoms with van der Waals surface area (Å²) in [7, 11) is -1.45. The van der Waals surface area contributed by atoms with E-state index in [9.17, 15) is 13.2 Å². The molecule has 9 heteroatoms. The molecule has 32 heavy (non-hydrogen) atoms. The summed E-state index contributed by atoms with van der Waals surface area (Å²) < 4.78 is 28.7. The smallest absolute Gasteiger partial charge is 0.233 e. The number of nitrogens with zero attached hydrogens (tertiary/aromatic N) is 3. The van der Waals surface area contributed by atoms with E-state index in [4.69, 9.17) is 4.98 Å². The Kier molecular flexibility index (Phi) is 6.30. The van der Waals surface area contributed by atoms with Gasteiger partial charge in [-0.25, -0.2) is 13.4 Å². The predicted molar refractivity (Wildman–Crippen MR) is 129 cm³/mol. The highest BCUT2D eigenvalue weighted by Crippen LogP contribution is 2.31. The van der Waals surface area contributed by atoms with Crippen LogP contribution in [-0.4, -0.2) is 40.3 Å². The van der Waals surface area contributed by atoms with Crippen LogP contribution in [0.3, 0.4) is 0 Å². The first-order chi connectivity index (χ1) is 15.2. The van der Waals surface area contributed by atoms with Gasteiger partial charge < -0.3 is 8.97 Å². The third kappa shape index (κ3) is 4.83. The third-order valence-corrected chi connectivity index (χ3v) is 7.03. The normalized spacial score (nSPS) is 12.0. The Morgan fingerprint density at radius 1 is 1.19 bits per heavy atom. The number of thioether (sulfide) groups is 1. The zero-order valence-corrected chi connectivity index (χ0v) is 20.0. The van der Waals surface area contributed by atoms with Gasteiger partial charge in [0.25, 0.3) is 0 Å². The number of benzene rings is 1. The maximum atomic E-state index is 11.8. The van der Waals surface area contributed by atoms with E-state index in [0.717, 1.165) is 29.0 Å². The van der Waals surface area contributed by atoms with Crippen LogP contribution in [0, 0.1) is 6.92 Å². The molecule has 1 aromatic carbocycles. The number of amides is 1. The van der Waals surface area contributed by atoms with Crippen molar-refractivity contribution in [2.45, 2.75) is 31.2 Å². The molecule has 1 amide bonds. The second-order valence-electron chi connectivity index (χ2n) is 7.95. The summed E-state index contributed by atoms with van der Waals surface area (Å²) in [6.07, 6.45) is 6.66. The molecule has 0 aliphatic rings. The molecule has 0 aliphatic heterocycles. The number of nitrogens with one attached hydrogen (secondary N) is 1. The number of rotatable bonds is 8. The number of sulfonamides is 1. The Hall–Kier alpha value is -2.78. The van der Waals surface area contributed by atoms with E-state index in [1.54, 1.807) is 11.8 Å². The van der Waals surface area contributed by atoms with E-state index in [-0.39, 0.29) is 6.42 Å². The molecule has 3 heterocycles. The Morgan fingerprint density at radius 3 is 2.78 bits per heavy atom. The summed E-state index contributed by atoms with van der Waals surface area (Å²) in [5.74, 6) is 0.192. The minimum absolute atomic E-state index is 0.158. The topological polar surface area (TPSA) is 85.5 Å². The lowest BCUT2D eigenvalue weighted by atomic mass is 10.0. The van der Waals surface area contributed by atoms with Crippen molar-refractivity contribution in [3.63, 3.8) is 0 Å². The largest absolute Gasteiger partial charge is 0.350 e. The molecule has 0 spiro atoms. The Balaban J connectivity index is 1.57. The SMILES string of the molecule is Cc1cccc2c1c(Cc1c(SCCCC(=O)NS(C)(=O)=O)nc3ccccn13)cn2C. The quantitative estimate of drug-likeness (QED) is 0.314. The van der Waals surface area contributed by atoms with Crippen molar-refractivity contribution in [3.05, 3.63) is 65.6 Å². The number of pyridine rings is 1. The molecule has 3 aromatic heterocycles. The summed E-state index contributed by atoms with van der Waals surface area (Å²) >= 11 is 1.60. The van der Waals surface area contributed by atoms with E-state index >= 15 is 0 Å². The Labute approximate surface area is 191 Å². The highest BCUT2D eigenvalue weighted by Gasteiger charge is 2.17. The lowest BCUT2D eigenvalue weighted by Crippen LogP contribution is -2.29. The van der Waals surface area contributed by atoms with E-state index in [2.05, 4.69) is 47.3 Å². The standard InChI is InChI=1S/C23H26N4O3S2/c1-16-8-6-9-18-22(16)17(15-26(18)2)14-19-23(24-20-10-4-5-12-27(19)20)31-13-7-11-21(28)25-32(3,29)30/h4-6,8-10,12,15H,7,11,13-14H2,1-3H3,(H,25,28). The third-order valence-electron chi connectivity index (χ3n) is 5.34. The van der Waals surface area contributed by atoms with Crippen LogP contribution < -0.4 is 4.72 Å². The Bertz CT molecular complexity index is 1400. The molecular weight excluding hydrogens is 444 g/mol. The van der Waals surface area contributed by atoms with Gasteiger partial charge in [0.05, 0.1) is 11.9 Å². The molecule has 0 aliphatic carbocycles. The minimum atomic E-state index is -3.51. The van der Waals surface area contributed by atoms with Crippen molar-refractivity contribution in [2.75, 3.05) is 12.0 Å². The van der Waals surface area contributed by atoms with Gasteiger partial charge in [-0.1, -0.05) is 18.2 Å². The summed E-state index contributed by atoms with van der Waals surface area (Å²) in [5.41, 5.74) is 5.71. The van der Waals surface area contributed by atoms with Gasteiger partial charge in [0.2, 0.25) is 15.9 Å². The monoisotopic (exact) mass is 470 g/mol. The first kappa shape index (κ1) is 22.4. The maximum Gasteiger partial charge on any atom is 0.233 e. The predicted octanol–water partition coefficient (Wildman–Crippen LogP) is 3.67. The fourth-order valence-corrected chi connectivity index (χ4v) is 5.50. The molecule has 1 N–H and O–H groups in total. The first-order valence-corrected chi connectivity index (χ1v) is 13.2. The molecule has 0 radical (unpaired) electrons. The van der Waals surface area contributed by atoms with Gasteiger partial charge in [-0.05, 0) is 42.7 Å². The van der Waals surface area contributed by atoms with Gasteiger partial charge in [-0.2, -0.15) is 0 Å². The molecule has 4 aromatic rings. The van der Waals surface area contributed by atoms with E-state index in [0.29, 0.717) is 12.2 Å². The highest BCUT2D eigenvalue weighted by molar-refractivity contribution is 7.99. The minimum Gasteiger partial charge on any atom is -0.350 e. The number of aryl methyl sites for hydroxylation is 2. The van der Waals surface area contributed by atoms with E-state index in [1.807, 2.05) is 29.1 Å². The van der Waals surface area contributed by atoms with Crippen LogP contribution in [0.25, 0.3) is 16.6 Å². The van der Waals surface area contributed by atoms with Crippen molar-refractivity contribution >= 4 is 44.2 Å². The van der Waals surface area contributed by atoms with Crippen molar-refractivity contribution < 1.29 is 13.2 Å². The van der Waals surface area contributed by atoms with Crippen LogP contribution in [0.2, 0.25) is 0 Å². The van der Waals surface area contributed by atoms with Crippen LogP contribution in [0.4, 0.5) is 0 Å². The summed E-state index contributed by atoms with van der Waals surface area (Å²) in [6.45, 7) is 2.14. The van der Waals surface area contributed by atoms with Crippen LogP contribution in [0.5, 0.6) is 0 Å². The second kappa shape index (κ2) is 8.99. The summed E-state index contributed by atoms with van der Waals surface area (Å²) in [4.78, 5) is 16.6. The number of fused-ring (bicyclic) bond motifs is 2. The average molecular weight is 471 g/mol. The average Bonchev–Trinajstić information content (AvgIpc) is 3.23. The summed E-state index contributed by atoms with van der Waals surface area (Å²) in [5, 5.41) is 2.21. The molecular formula is C23H26N4O3S2. The number of hydrogen-bond donors (Lipinski definition) is 1. The molecule has 0 saturated heterocycles. The lowest BCUT2D eigenvalue weighted by Gasteiger charge is -2.06. The fraction of sp³-hybridized carbons (Fsp3) is 0.304. The van der Waals surface area contributed by atoms with Gasteiger partial charge in [0.1, 0.15) is 10.7 Å². The van der Waals surface area contributed by atoms with Crippen molar-refractivity contribution in [1.82, 2.24) is 18.7 Å². The molecule has 4 rings (SSSR count). The van der Waals surface area contributed by atoms with Gasteiger partial charge in [0.15, 0.2) is 0 Å². The van der Waals surface area contributed by atoms with Gasteiger partial charge in [-0.3, -0.25) is 9.52 Å².